The molecule has 2 aromatic carbocycles. The molecular weight excluding hydrogens is 289 g/mol. The second kappa shape index (κ2) is 7.55. The quantitative estimate of drug-likeness (QED) is 0.581. The third kappa shape index (κ3) is 4.72. The van der Waals surface area contributed by atoms with Crippen molar-refractivity contribution in [2.75, 3.05) is 5.73 Å². The van der Waals surface area contributed by atoms with Crippen molar-refractivity contribution < 1.29 is 44.2 Å². The van der Waals surface area contributed by atoms with E-state index in [0.717, 1.165) is 0 Å². The first kappa shape index (κ1) is 16.9. The Labute approximate surface area is 143 Å². The van der Waals surface area contributed by atoms with Crippen LogP contribution in [0.15, 0.2) is 42.5 Å². The first-order valence-electron chi connectivity index (χ1n) is 5.56. The summed E-state index contributed by atoms with van der Waals surface area (Å²) in [7, 11) is 0. The summed E-state index contributed by atoms with van der Waals surface area (Å²) in [6.07, 6.45) is -0.246. The molecular formula is C14H11ClNNaO3. The minimum Gasteiger partial charge on any atom is -0.550 e. The van der Waals surface area contributed by atoms with Gasteiger partial charge < -0.3 is 20.4 Å². The van der Waals surface area contributed by atoms with Gasteiger partial charge in [0.1, 0.15) is 11.5 Å². The van der Waals surface area contributed by atoms with Crippen LogP contribution in [0.4, 0.5) is 5.69 Å². The Morgan fingerprint density at radius 1 is 1.15 bits per heavy atom. The van der Waals surface area contributed by atoms with E-state index in [1.807, 2.05) is 0 Å². The van der Waals surface area contributed by atoms with Crippen LogP contribution in [-0.4, -0.2) is 5.97 Å². The number of anilines is 1. The number of carbonyl (C=O) groups is 1. The summed E-state index contributed by atoms with van der Waals surface area (Å²) in [6.45, 7) is 0. The predicted octanol–water partition coefficient (Wildman–Crippen LogP) is -0.989. The van der Waals surface area contributed by atoms with E-state index in [1.54, 1.807) is 42.5 Å². The number of halogens is 1. The molecule has 0 aliphatic heterocycles. The van der Waals surface area contributed by atoms with Crippen LogP contribution in [0, 0.1) is 0 Å². The van der Waals surface area contributed by atoms with Crippen molar-refractivity contribution in [1.29, 1.82) is 0 Å². The number of nitrogens with two attached hydrogens (primary N) is 1. The molecule has 0 aromatic heterocycles. The van der Waals surface area contributed by atoms with Gasteiger partial charge in [0.2, 0.25) is 0 Å². The molecule has 0 aliphatic carbocycles. The summed E-state index contributed by atoms with van der Waals surface area (Å²) < 4.78 is 5.58. The number of hydrogen-bond acceptors (Lipinski definition) is 4. The van der Waals surface area contributed by atoms with E-state index >= 15 is 0 Å². The monoisotopic (exact) mass is 299 g/mol. The third-order valence-corrected chi connectivity index (χ3v) is 2.75. The van der Waals surface area contributed by atoms with Crippen molar-refractivity contribution in [3.8, 4) is 11.5 Å². The first-order valence-corrected chi connectivity index (χ1v) is 5.94. The van der Waals surface area contributed by atoms with E-state index in [4.69, 9.17) is 22.1 Å². The minimum atomic E-state index is -1.18. The second-order valence-corrected chi connectivity index (χ2v) is 4.40. The summed E-state index contributed by atoms with van der Waals surface area (Å²) in [6, 6.07) is 11.7. The van der Waals surface area contributed by atoms with E-state index in [-0.39, 0.29) is 36.0 Å². The molecule has 0 saturated carbocycles. The van der Waals surface area contributed by atoms with Gasteiger partial charge in [0, 0.05) is 23.1 Å². The molecule has 4 nitrogen and oxygen atoms in total. The number of aliphatic carboxylic acids is 1. The number of hydrogen-bond donors (Lipinski definition) is 1. The summed E-state index contributed by atoms with van der Waals surface area (Å²) >= 11 is 5.77. The number of nitrogen functional groups attached to an aromatic ring is 1. The van der Waals surface area contributed by atoms with Crippen LogP contribution in [0.25, 0.3) is 0 Å². The summed E-state index contributed by atoms with van der Waals surface area (Å²) in [5.41, 5.74) is 6.55. The first-order chi connectivity index (χ1) is 9.04. The Bertz CT molecular complexity index is 602. The van der Waals surface area contributed by atoms with Crippen LogP contribution in [0.5, 0.6) is 11.5 Å². The largest absolute Gasteiger partial charge is 1.00 e. The molecule has 0 heterocycles. The molecule has 0 atom stereocenters. The zero-order chi connectivity index (χ0) is 13.8. The van der Waals surface area contributed by atoms with Crippen molar-refractivity contribution in [2.45, 2.75) is 6.42 Å². The van der Waals surface area contributed by atoms with Gasteiger partial charge in [-0.15, -0.1) is 0 Å². The summed E-state index contributed by atoms with van der Waals surface area (Å²) in [5, 5.41) is 11.2. The Morgan fingerprint density at radius 2 is 1.75 bits per heavy atom. The van der Waals surface area contributed by atoms with E-state index in [9.17, 15) is 9.90 Å². The molecule has 98 valence electrons. The number of benzene rings is 2. The van der Waals surface area contributed by atoms with Gasteiger partial charge in [0.05, 0.1) is 0 Å². The van der Waals surface area contributed by atoms with Gasteiger partial charge in [-0.1, -0.05) is 11.6 Å². The minimum absolute atomic E-state index is 0. The molecule has 2 aromatic rings. The molecule has 0 radical (unpaired) electrons. The zero-order valence-electron chi connectivity index (χ0n) is 10.9. The van der Waals surface area contributed by atoms with Crippen molar-refractivity contribution in [1.82, 2.24) is 0 Å². The van der Waals surface area contributed by atoms with Gasteiger partial charge in [-0.05, 0) is 48.0 Å². The molecule has 6 heteroatoms. The molecule has 0 spiro atoms. The molecule has 0 fully saturated rings. The third-order valence-electron chi connectivity index (χ3n) is 2.50. The molecule has 0 bridgehead atoms. The topological polar surface area (TPSA) is 75.4 Å². The predicted molar refractivity (Wildman–Crippen MR) is 71.1 cm³/mol. The molecule has 0 unspecified atom stereocenters. The van der Waals surface area contributed by atoms with Crippen molar-refractivity contribution >= 4 is 23.3 Å². The normalized spacial score (nSPS) is 9.65. The van der Waals surface area contributed by atoms with Crippen molar-refractivity contribution in [2.24, 2.45) is 0 Å². The van der Waals surface area contributed by atoms with Gasteiger partial charge >= 0.3 is 29.6 Å². The second-order valence-electron chi connectivity index (χ2n) is 3.97. The van der Waals surface area contributed by atoms with Gasteiger partial charge in [-0.2, -0.15) is 0 Å². The number of carboxylic acid groups (broad SMARTS) is 1. The van der Waals surface area contributed by atoms with Crippen LogP contribution in [-0.2, 0) is 11.2 Å². The average molecular weight is 300 g/mol. The fourth-order valence-electron chi connectivity index (χ4n) is 1.59. The fraction of sp³-hybridized carbons (Fsp3) is 0.0714. The Kier molecular flexibility index (Phi) is 6.36. The van der Waals surface area contributed by atoms with E-state index in [0.29, 0.717) is 27.8 Å². The molecule has 0 amide bonds. The van der Waals surface area contributed by atoms with Crippen LogP contribution in [0.2, 0.25) is 5.02 Å². The van der Waals surface area contributed by atoms with Gasteiger partial charge in [0.15, 0.2) is 0 Å². The molecule has 2 N–H and O–H groups in total. The Hall–Kier alpha value is -1.20. The maximum atomic E-state index is 10.6. The van der Waals surface area contributed by atoms with Crippen LogP contribution < -0.4 is 45.1 Å². The Morgan fingerprint density at radius 3 is 2.35 bits per heavy atom. The SMILES string of the molecule is Nc1ccc(Oc2ccc(Cl)cc2)cc1CC(=O)[O-].[Na+]. The van der Waals surface area contributed by atoms with Crippen LogP contribution in [0.3, 0.4) is 0 Å². The summed E-state index contributed by atoms with van der Waals surface area (Å²) in [5.74, 6) is -0.0725. The van der Waals surface area contributed by atoms with Gasteiger partial charge in [-0.3, -0.25) is 0 Å². The number of carbonyl (C=O) groups excluding carboxylic acids is 1. The van der Waals surface area contributed by atoms with Crippen LogP contribution >= 0.6 is 11.6 Å². The molecule has 0 saturated heterocycles. The Balaban J connectivity index is 0.00000200. The van der Waals surface area contributed by atoms with E-state index < -0.39 is 5.97 Å². The number of rotatable bonds is 4. The zero-order valence-corrected chi connectivity index (χ0v) is 13.7. The average Bonchev–Trinajstić information content (AvgIpc) is 2.36. The maximum Gasteiger partial charge on any atom is 1.00 e. The fourth-order valence-corrected chi connectivity index (χ4v) is 1.72. The van der Waals surface area contributed by atoms with E-state index in [1.165, 1.54) is 0 Å². The maximum absolute atomic E-state index is 10.6. The smallest absolute Gasteiger partial charge is 0.550 e. The van der Waals surface area contributed by atoms with Crippen molar-refractivity contribution in [3.05, 3.63) is 53.1 Å². The van der Waals surface area contributed by atoms with Gasteiger partial charge in [0.25, 0.3) is 0 Å². The summed E-state index contributed by atoms with van der Waals surface area (Å²) in [4.78, 5) is 10.6. The van der Waals surface area contributed by atoms with Crippen LogP contribution in [0.1, 0.15) is 5.56 Å². The van der Waals surface area contributed by atoms with Crippen molar-refractivity contribution in [3.63, 3.8) is 0 Å². The molecule has 2 rings (SSSR count). The molecule has 20 heavy (non-hydrogen) atoms. The number of ether oxygens (including phenoxy) is 1. The number of carboxylic acids is 1. The standard InChI is InChI=1S/C14H12ClNO3.Na/c15-10-1-3-11(4-2-10)19-12-5-6-13(16)9(7-12)8-14(17)18;/h1-7H,8,16H2,(H,17,18);/q;+1/p-1. The van der Waals surface area contributed by atoms with Gasteiger partial charge in [-0.25, -0.2) is 0 Å². The molecule has 0 aliphatic rings. The van der Waals surface area contributed by atoms with E-state index in [2.05, 4.69) is 0 Å².